The molecule has 0 bridgehead atoms. The van der Waals surface area contributed by atoms with Gasteiger partial charge in [-0.05, 0) is 57.2 Å². The molecule has 20 heavy (non-hydrogen) atoms. The van der Waals surface area contributed by atoms with Crippen LogP contribution in [-0.2, 0) is 9.22 Å². The number of rotatable bonds is 4. The van der Waals surface area contributed by atoms with Gasteiger partial charge >= 0.3 is 5.97 Å². The Morgan fingerprint density at radius 2 is 1.70 bits per heavy atom. The lowest BCUT2D eigenvalue weighted by Gasteiger charge is -2.43. The summed E-state index contributed by atoms with van der Waals surface area (Å²) in [4.78, 5) is 11.4. The Labute approximate surface area is 125 Å². The predicted molar refractivity (Wildman–Crippen MR) is 85.4 cm³/mol. The van der Waals surface area contributed by atoms with Gasteiger partial charge in [0.05, 0.1) is 5.41 Å². The van der Waals surface area contributed by atoms with Crippen molar-refractivity contribution >= 4 is 14.3 Å². The van der Waals surface area contributed by atoms with Gasteiger partial charge in [0.2, 0.25) is 0 Å². The molecule has 0 aromatic rings. The predicted octanol–water partition coefficient (Wildman–Crippen LogP) is 4.68. The Hall–Kier alpha value is -0.353. The first-order chi connectivity index (χ1) is 8.88. The zero-order chi connectivity index (χ0) is 15.8. The van der Waals surface area contributed by atoms with Gasteiger partial charge in [0.1, 0.15) is 0 Å². The van der Waals surface area contributed by atoms with Crippen molar-refractivity contribution in [2.24, 2.45) is 11.3 Å². The van der Waals surface area contributed by atoms with Crippen molar-refractivity contribution in [3.05, 3.63) is 0 Å². The van der Waals surface area contributed by atoms with Gasteiger partial charge in [-0.1, -0.05) is 27.2 Å². The van der Waals surface area contributed by atoms with E-state index in [4.69, 9.17) is 4.43 Å². The number of aliphatic carboxylic acids is 1. The van der Waals surface area contributed by atoms with Gasteiger partial charge in [0.15, 0.2) is 8.32 Å². The summed E-state index contributed by atoms with van der Waals surface area (Å²) in [6.45, 7) is 15.0. The van der Waals surface area contributed by atoms with Gasteiger partial charge in [0, 0.05) is 6.10 Å². The summed E-state index contributed by atoms with van der Waals surface area (Å²) in [5.74, 6) is -0.459. The van der Waals surface area contributed by atoms with Crippen LogP contribution in [0.5, 0.6) is 0 Å². The monoisotopic (exact) mass is 300 g/mol. The van der Waals surface area contributed by atoms with Gasteiger partial charge in [-0.2, -0.15) is 0 Å². The number of carboxylic acid groups (broad SMARTS) is 1. The molecule has 2 atom stereocenters. The Bertz CT molecular complexity index is 355. The van der Waals surface area contributed by atoms with E-state index >= 15 is 0 Å². The molecule has 1 N–H and O–H groups in total. The minimum atomic E-state index is -1.76. The molecule has 1 aliphatic rings. The highest BCUT2D eigenvalue weighted by atomic mass is 28.4. The molecule has 0 amide bonds. The molecule has 1 saturated carbocycles. The van der Waals surface area contributed by atoms with E-state index in [1.54, 1.807) is 0 Å². The molecule has 0 radical (unpaired) electrons. The van der Waals surface area contributed by atoms with Crippen LogP contribution in [0, 0.1) is 11.3 Å². The van der Waals surface area contributed by atoms with E-state index in [0.717, 1.165) is 25.7 Å². The number of hydrogen-bond donors (Lipinski definition) is 1. The van der Waals surface area contributed by atoms with Crippen LogP contribution < -0.4 is 0 Å². The zero-order valence-corrected chi connectivity index (χ0v) is 15.2. The summed E-state index contributed by atoms with van der Waals surface area (Å²) < 4.78 is 6.49. The van der Waals surface area contributed by atoms with Crippen molar-refractivity contribution in [3.63, 3.8) is 0 Å². The van der Waals surface area contributed by atoms with E-state index in [0.29, 0.717) is 0 Å². The molecule has 0 unspecified atom stereocenters. The molecule has 1 fully saturated rings. The summed E-state index contributed by atoms with van der Waals surface area (Å²) in [5, 5.41) is 9.62. The molecule has 4 heteroatoms. The van der Waals surface area contributed by atoms with Crippen LogP contribution in [0.15, 0.2) is 0 Å². The van der Waals surface area contributed by atoms with Gasteiger partial charge < -0.3 is 9.53 Å². The van der Waals surface area contributed by atoms with Crippen LogP contribution in [0.3, 0.4) is 0 Å². The lowest BCUT2D eigenvalue weighted by atomic mass is 9.70. The second-order valence-electron chi connectivity index (χ2n) is 8.39. The normalized spacial score (nSPS) is 25.6. The lowest BCUT2D eigenvalue weighted by Crippen LogP contribution is -2.46. The van der Waals surface area contributed by atoms with E-state index in [-0.39, 0.29) is 17.1 Å². The SMILES string of the molecule is CC(C)(C(=O)O)[C@@H]1CCC[C@H](O[Si](C)(C)C(C)(C)C)C1. The fraction of sp³-hybridized carbons (Fsp3) is 0.938. The average molecular weight is 301 g/mol. The second kappa shape index (κ2) is 5.80. The van der Waals surface area contributed by atoms with Crippen molar-refractivity contribution < 1.29 is 14.3 Å². The Balaban J connectivity index is 2.74. The van der Waals surface area contributed by atoms with E-state index in [9.17, 15) is 9.90 Å². The maximum Gasteiger partial charge on any atom is 0.309 e. The van der Waals surface area contributed by atoms with Crippen molar-refractivity contribution in [1.29, 1.82) is 0 Å². The maximum absolute atomic E-state index is 11.4. The first-order valence-corrected chi connectivity index (χ1v) is 10.7. The fourth-order valence-electron chi connectivity index (χ4n) is 2.68. The molecule has 118 valence electrons. The van der Waals surface area contributed by atoms with Crippen molar-refractivity contribution in [2.45, 2.75) is 84.5 Å². The number of hydrogen-bond acceptors (Lipinski definition) is 2. The zero-order valence-electron chi connectivity index (χ0n) is 14.2. The summed E-state index contributed by atoms with van der Waals surface area (Å²) in [7, 11) is -1.76. The first kappa shape index (κ1) is 17.7. The molecule has 0 aliphatic heterocycles. The molecular formula is C16H32O3Si. The highest BCUT2D eigenvalue weighted by Gasteiger charge is 2.43. The van der Waals surface area contributed by atoms with Crippen LogP contribution in [0.1, 0.15) is 60.3 Å². The van der Waals surface area contributed by atoms with E-state index < -0.39 is 19.7 Å². The van der Waals surface area contributed by atoms with Gasteiger partial charge in [0.25, 0.3) is 0 Å². The maximum atomic E-state index is 11.4. The molecule has 0 aromatic heterocycles. The van der Waals surface area contributed by atoms with Crippen LogP contribution in [0.4, 0.5) is 0 Å². The van der Waals surface area contributed by atoms with Crippen LogP contribution in [-0.4, -0.2) is 25.5 Å². The summed E-state index contributed by atoms with van der Waals surface area (Å²) in [6.07, 6.45) is 4.32. The van der Waals surface area contributed by atoms with Crippen LogP contribution in [0.2, 0.25) is 18.1 Å². The smallest absolute Gasteiger partial charge is 0.309 e. The summed E-state index contributed by atoms with van der Waals surface area (Å²) in [6, 6.07) is 0. The number of carbonyl (C=O) groups is 1. The Morgan fingerprint density at radius 3 is 2.15 bits per heavy atom. The standard InChI is InChI=1S/C16H32O3Si/c1-15(2,3)20(6,7)19-13-10-8-9-12(11-13)16(4,5)14(17)18/h12-13H,8-11H2,1-7H3,(H,17,18)/t12-,13+/m1/s1. The average Bonchev–Trinajstić information content (AvgIpc) is 2.26. The molecule has 0 saturated heterocycles. The highest BCUT2D eigenvalue weighted by molar-refractivity contribution is 6.74. The molecule has 3 nitrogen and oxygen atoms in total. The molecule has 0 aromatic carbocycles. The minimum Gasteiger partial charge on any atom is -0.481 e. The Morgan fingerprint density at radius 1 is 1.15 bits per heavy atom. The largest absolute Gasteiger partial charge is 0.481 e. The lowest BCUT2D eigenvalue weighted by molar-refractivity contribution is -0.151. The molecule has 0 spiro atoms. The second-order valence-corrected chi connectivity index (χ2v) is 13.1. The van der Waals surface area contributed by atoms with Gasteiger partial charge in [-0.25, -0.2) is 0 Å². The van der Waals surface area contributed by atoms with E-state index in [1.807, 2.05) is 13.8 Å². The van der Waals surface area contributed by atoms with Crippen LogP contribution >= 0.6 is 0 Å². The number of carboxylic acids is 1. The molecule has 1 aliphatic carbocycles. The van der Waals surface area contributed by atoms with Gasteiger partial charge in [-0.3, -0.25) is 4.79 Å². The summed E-state index contributed by atoms with van der Waals surface area (Å²) >= 11 is 0. The van der Waals surface area contributed by atoms with Crippen molar-refractivity contribution in [2.75, 3.05) is 0 Å². The molecular weight excluding hydrogens is 268 g/mol. The topological polar surface area (TPSA) is 46.5 Å². The van der Waals surface area contributed by atoms with E-state index in [2.05, 4.69) is 33.9 Å². The summed E-state index contributed by atoms with van der Waals surface area (Å²) in [5.41, 5.74) is -0.643. The van der Waals surface area contributed by atoms with Crippen molar-refractivity contribution in [1.82, 2.24) is 0 Å². The highest BCUT2D eigenvalue weighted by Crippen LogP contribution is 2.43. The minimum absolute atomic E-state index is 0.211. The third-order valence-corrected chi connectivity index (χ3v) is 10.0. The Kier molecular flexibility index (Phi) is 5.13. The fourth-order valence-corrected chi connectivity index (χ4v) is 4.08. The third kappa shape index (κ3) is 3.85. The molecule has 1 rings (SSSR count). The molecule has 0 heterocycles. The van der Waals surface area contributed by atoms with Crippen molar-refractivity contribution in [3.8, 4) is 0 Å². The third-order valence-electron chi connectivity index (χ3n) is 5.47. The first-order valence-electron chi connectivity index (χ1n) is 7.79. The van der Waals surface area contributed by atoms with E-state index in [1.165, 1.54) is 0 Å². The van der Waals surface area contributed by atoms with Gasteiger partial charge in [-0.15, -0.1) is 0 Å². The van der Waals surface area contributed by atoms with Crippen LogP contribution in [0.25, 0.3) is 0 Å². The quantitative estimate of drug-likeness (QED) is 0.767.